The molecule has 2 N–H and O–H groups in total. The minimum absolute atomic E-state index is 0.403. The van der Waals surface area contributed by atoms with Crippen molar-refractivity contribution in [1.29, 1.82) is 0 Å². The van der Waals surface area contributed by atoms with E-state index in [9.17, 15) is 13.2 Å². The predicted octanol–water partition coefficient (Wildman–Crippen LogP) is 1.52. The van der Waals surface area contributed by atoms with Gasteiger partial charge in [-0.25, -0.2) is 8.42 Å². The number of aryl methyl sites for hydroxylation is 2. The molecule has 94 valence electrons. The summed E-state index contributed by atoms with van der Waals surface area (Å²) in [6.45, 7) is 3.73. The number of rotatable bonds is 5. The molecule has 1 aromatic carbocycles. The molecule has 5 nitrogen and oxygen atoms in total. The van der Waals surface area contributed by atoms with E-state index in [1.54, 1.807) is 12.1 Å². The van der Waals surface area contributed by atoms with Crippen molar-refractivity contribution in [1.82, 2.24) is 0 Å². The van der Waals surface area contributed by atoms with Crippen LogP contribution in [-0.2, 0) is 14.8 Å². The standard InChI is InChI=1S/C11H15NO4S/c1-8-5-9(2)7-10(6-8)12-17(15,16)4-3-11(13)14/h5-7,12H,3-4H2,1-2H3,(H,13,14). The fourth-order valence-electron chi connectivity index (χ4n) is 1.49. The molecule has 0 aliphatic rings. The molecule has 6 heteroatoms. The van der Waals surface area contributed by atoms with E-state index in [0.29, 0.717) is 5.69 Å². The van der Waals surface area contributed by atoms with E-state index in [1.807, 2.05) is 19.9 Å². The Morgan fingerprint density at radius 1 is 1.24 bits per heavy atom. The first-order valence-corrected chi connectivity index (χ1v) is 6.74. The van der Waals surface area contributed by atoms with Crippen molar-refractivity contribution in [3.05, 3.63) is 29.3 Å². The Morgan fingerprint density at radius 2 is 1.76 bits per heavy atom. The largest absolute Gasteiger partial charge is 0.481 e. The molecule has 0 atom stereocenters. The van der Waals surface area contributed by atoms with Gasteiger partial charge in [-0.1, -0.05) is 6.07 Å². The molecule has 0 aromatic heterocycles. The molecule has 0 spiro atoms. The lowest BCUT2D eigenvalue weighted by Gasteiger charge is -2.08. The van der Waals surface area contributed by atoms with Crippen LogP contribution in [0.5, 0.6) is 0 Å². The van der Waals surface area contributed by atoms with Crippen molar-refractivity contribution in [2.75, 3.05) is 10.5 Å². The number of hydrogen-bond donors (Lipinski definition) is 2. The van der Waals surface area contributed by atoms with Gasteiger partial charge in [0.05, 0.1) is 12.2 Å². The average molecular weight is 257 g/mol. The van der Waals surface area contributed by atoms with Crippen LogP contribution in [0.2, 0.25) is 0 Å². The van der Waals surface area contributed by atoms with Crippen LogP contribution in [0.25, 0.3) is 0 Å². The first-order valence-electron chi connectivity index (χ1n) is 5.09. The lowest BCUT2D eigenvalue weighted by molar-refractivity contribution is -0.136. The number of carboxylic acids is 1. The number of anilines is 1. The number of hydrogen-bond acceptors (Lipinski definition) is 3. The van der Waals surface area contributed by atoms with Crippen LogP contribution in [0, 0.1) is 13.8 Å². The molecule has 17 heavy (non-hydrogen) atoms. The van der Waals surface area contributed by atoms with Gasteiger partial charge in [0.25, 0.3) is 0 Å². The summed E-state index contributed by atoms with van der Waals surface area (Å²) in [5, 5.41) is 8.44. The van der Waals surface area contributed by atoms with Gasteiger partial charge in [0, 0.05) is 5.69 Å². The van der Waals surface area contributed by atoms with Crippen LogP contribution in [0.3, 0.4) is 0 Å². The maximum atomic E-state index is 11.6. The van der Waals surface area contributed by atoms with Crippen LogP contribution < -0.4 is 4.72 Å². The smallest absolute Gasteiger partial charge is 0.304 e. The maximum absolute atomic E-state index is 11.6. The molecule has 0 saturated heterocycles. The first-order chi connectivity index (χ1) is 7.78. The van der Waals surface area contributed by atoms with Crippen LogP contribution >= 0.6 is 0 Å². The Bertz CT molecular complexity index is 502. The Morgan fingerprint density at radius 3 is 2.24 bits per heavy atom. The second-order valence-electron chi connectivity index (χ2n) is 3.94. The summed E-state index contributed by atoms with van der Waals surface area (Å²) in [5.74, 6) is -1.55. The number of aliphatic carboxylic acids is 1. The van der Waals surface area contributed by atoms with Gasteiger partial charge in [-0.05, 0) is 37.1 Å². The summed E-state index contributed by atoms with van der Waals surface area (Å²) in [6, 6.07) is 5.33. The zero-order valence-electron chi connectivity index (χ0n) is 9.73. The highest BCUT2D eigenvalue weighted by molar-refractivity contribution is 7.92. The molecule has 0 fully saturated rings. The molecule has 0 radical (unpaired) electrons. The Balaban J connectivity index is 2.79. The van der Waals surface area contributed by atoms with Crippen molar-refractivity contribution < 1.29 is 18.3 Å². The highest BCUT2D eigenvalue weighted by atomic mass is 32.2. The second kappa shape index (κ2) is 5.18. The minimum Gasteiger partial charge on any atom is -0.481 e. The van der Waals surface area contributed by atoms with Gasteiger partial charge in [0.1, 0.15) is 0 Å². The van der Waals surface area contributed by atoms with Crippen molar-refractivity contribution in [3.8, 4) is 0 Å². The molecule has 0 aliphatic heterocycles. The number of nitrogens with one attached hydrogen (secondary N) is 1. The summed E-state index contributed by atoms with van der Waals surface area (Å²) < 4.78 is 25.5. The third-order valence-corrected chi connectivity index (χ3v) is 3.37. The summed E-state index contributed by atoms with van der Waals surface area (Å²) >= 11 is 0. The fraction of sp³-hybridized carbons (Fsp3) is 0.364. The number of sulfonamides is 1. The summed E-state index contributed by atoms with van der Waals surface area (Å²) in [6.07, 6.45) is -0.403. The van der Waals surface area contributed by atoms with Gasteiger partial charge in [-0.2, -0.15) is 0 Å². The van der Waals surface area contributed by atoms with E-state index in [4.69, 9.17) is 5.11 Å². The molecule has 0 aliphatic carbocycles. The van der Waals surface area contributed by atoms with E-state index in [0.717, 1.165) is 11.1 Å². The van der Waals surface area contributed by atoms with E-state index in [2.05, 4.69) is 4.72 Å². The van der Waals surface area contributed by atoms with Gasteiger partial charge < -0.3 is 5.11 Å². The zero-order valence-corrected chi connectivity index (χ0v) is 10.5. The van der Waals surface area contributed by atoms with Crippen LogP contribution in [0.4, 0.5) is 5.69 Å². The predicted molar refractivity (Wildman–Crippen MR) is 65.6 cm³/mol. The van der Waals surface area contributed by atoms with Crippen LogP contribution in [0.1, 0.15) is 17.5 Å². The monoisotopic (exact) mass is 257 g/mol. The normalized spacial score (nSPS) is 11.2. The zero-order chi connectivity index (χ0) is 13.1. The van der Waals surface area contributed by atoms with Crippen molar-refractivity contribution >= 4 is 21.7 Å². The highest BCUT2D eigenvalue weighted by Crippen LogP contribution is 2.15. The third kappa shape index (κ3) is 4.86. The molecule has 1 aromatic rings. The van der Waals surface area contributed by atoms with Crippen LogP contribution in [0.15, 0.2) is 18.2 Å². The quantitative estimate of drug-likeness (QED) is 0.837. The maximum Gasteiger partial charge on any atom is 0.304 e. The van der Waals surface area contributed by atoms with Crippen molar-refractivity contribution in [2.24, 2.45) is 0 Å². The summed E-state index contributed by atoms with van der Waals surface area (Å²) in [5.41, 5.74) is 2.36. The van der Waals surface area contributed by atoms with E-state index >= 15 is 0 Å². The number of carboxylic acid groups (broad SMARTS) is 1. The fourth-order valence-corrected chi connectivity index (χ4v) is 2.51. The Kier molecular flexibility index (Phi) is 4.11. The Labute approximate surface area is 101 Å². The van der Waals surface area contributed by atoms with E-state index in [1.165, 1.54) is 0 Å². The molecule has 0 heterocycles. The van der Waals surface area contributed by atoms with Crippen molar-refractivity contribution in [2.45, 2.75) is 20.3 Å². The molecule has 0 unspecified atom stereocenters. The molecule has 1 rings (SSSR count). The molecule has 0 amide bonds. The van der Waals surface area contributed by atoms with Gasteiger partial charge in [-0.15, -0.1) is 0 Å². The average Bonchev–Trinajstić information content (AvgIpc) is 2.12. The van der Waals surface area contributed by atoms with Gasteiger partial charge >= 0.3 is 5.97 Å². The van der Waals surface area contributed by atoms with Crippen molar-refractivity contribution in [3.63, 3.8) is 0 Å². The lowest BCUT2D eigenvalue weighted by atomic mass is 10.1. The van der Waals surface area contributed by atoms with Gasteiger partial charge in [-0.3, -0.25) is 9.52 Å². The minimum atomic E-state index is -3.59. The number of carbonyl (C=O) groups is 1. The molecular weight excluding hydrogens is 242 g/mol. The van der Waals surface area contributed by atoms with Crippen LogP contribution in [-0.4, -0.2) is 25.2 Å². The molecular formula is C11H15NO4S. The lowest BCUT2D eigenvalue weighted by Crippen LogP contribution is -2.19. The third-order valence-electron chi connectivity index (χ3n) is 2.08. The first kappa shape index (κ1) is 13.5. The van der Waals surface area contributed by atoms with E-state index < -0.39 is 28.2 Å². The second-order valence-corrected chi connectivity index (χ2v) is 5.78. The Hall–Kier alpha value is -1.56. The summed E-state index contributed by atoms with van der Waals surface area (Å²) in [7, 11) is -3.59. The van der Waals surface area contributed by atoms with E-state index in [-0.39, 0.29) is 0 Å². The SMILES string of the molecule is Cc1cc(C)cc(NS(=O)(=O)CCC(=O)O)c1. The van der Waals surface area contributed by atoms with Gasteiger partial charge in [0.2, 0.25) is 10.0 Å². The number of benzene rings is 1. The molecule has 0 saturated carbocycles. The highest BCUT2D eigenvalue weighted by Gasteiger charge is 2.13. The summed E-state index contributed by atoms with van der Waals surface area (Å²) in [4.78, 5) is 10.3. The molecule has 0 bridgehead atoms. The van der Waals surface area contributed by atoms with Gasteiger partial charge in [0.15, 0.2) is 0 Å². The topological polar surface area (TPSA) is 83.5 Å².